The second-order valence-electron chi connectivity index (χ2n) is 4.19. The van der Waals surface area contributed by atoms with Gasteiger partial charge in [0, 0.05) is 11.1 Å². The van der Waals surface area contributed by atoms with Crippen LogP contribution in [0.25, 0.3) is 0 Å². The van der Waals surface area contributed by atoms with Crippen molar-refractivity contribution in [3.8, 4) is 0 Å². The Labute approximate surface area is 103 Å². The Morgan fingerprint density at radius 3 is 2.75 bits per heavy atom. The van der Waals surface area contributed by atoms with Crippen molar-refractivity contribution in [1.82, 2.24) is 5.43 Å². The number of halogens is 1. The van der Waals surface area contributed by atoms with Gasteiger partial charge in [-0.15, -0.1) is 0 Å². The molecule has 0 spiro atoms. The summed E-state index contributed by atoms with van der Waals surface area (Å²) in [7, 11) is 0. The molecule has 0 aromatic heterocycles. The zero-order chi connectivity index (χ0) is 12.0. The third-order valence-electron chi connectivity index (χ3n) is 2.89. The van der Waals surface area contributed by atoms with Gasteiger partial charge in [-0.2, -0.15) is 0 Å². The second kappa shape index (κ2) is 6.89. The summed E-state index contributed by atoms with van der Waals surface area (Å²) >= 11 is 6.28. The van der Waals surface area contributed by atoms with Crippen LogP contribution < -0.4 is 11.3 Å². The SMILES string of the molecule is CCCCCC(NN)c1cccc(C)c1Cl. The number of hydrogen-bond acceptors (Lipinski definition) is 2. The van der Waals surface area contributed by atoms with E-state index in [9.17, 15) is 0 Å². The first-order chi connectivity index (χ1) is 7.70. The lowest BCUT2D eigenvalue weighted by Crippen LogP contribution is -2.28. The molecule has 3 heteroatoms. The molecule has 0 heterocycles. The van der Waals surface area contributed by atoms with E-state index in [2.05, 4.69) is 12.3 Å². The number of rotatable bonds is 6. The zero-order valence-corrected chi connectivity index (χ0v) is 10.8. The molecular weight excluding hydrogens is 220 g/mol. The smallest absolute Gasteiger partial charge is 0.0483 e. The van der Waals surface area contributed by atoms with Crippen molar-refractivity contribution in [3.05, 3.63) is 34.3 Å². The van der Waals surface area contributed by atoms with E-state index in [1.807, 2.05) is 25.1 Å². The van der Waals surface area contributed by atoms with Crippen LogP contribution in [0.15, 0.2) is 18.2 Å². The molecule has 1 atom stereocenters. The Morgan fingerprint density at radius 1 is 1.38 bits per heavy atom. The largest absolute Gasteiger partial charge is 0.271 e. The lowest BCUT2D eigenvalue weighted by molar-refractivity contribution is 0.487. The Morgan fingerprint density at radius 2 is 2.12 bits per heavy atom. The van der Waals surface area contributed by atoms with Crippen molar-refractivity contribution in [3.63, 3.8) is 0 Å². The van der Waals surface area contributed by atoms with Crippen molar-refractivity contribution < 1.29 is 0 Å². The van der Waals surface area contributed by atoms with Gasteiger partial charge in [-0.05, 0) is 24.5 Å². The highest BCUT2D eigenvalue weighted by Gasteiger charge is 2.13. The number of benzene rings is 1. The van der Waals surface area contributed by atoms with Gasteiger partial charge in [-0.1, -0.05) is 56.0 Å². The highest BCUT2D eigenvalue weighted by Crippen LogP contribution is 2.28. The molecule has 1 aromatic carbocycles. The molecule has 0 aliphatic rings. The number of hydrazine groups is 1. The average molecular weight is 241 g/mol. The highest BCUT2D eigenvalue weighted by atomic mass is 35.5. The van der Waals surface area contributed by atoms with Crippen LogP contribution in [0.5, 0.6) is 0 Å². The Bertz CT molecular complexity index is 326. The molecule has 0 radical (unpaired) electrons. The molecule has 16 heavy (non-hydrogen) atoms. The van der Waals surface area contributed by atoms with Crippen LogP contribution in [0, 0.1) is 6.92 Å². The van der Waals surface area contributed by atoms with Gasteiger partial charge in [-0.25, -0.2) is 0 Å². The standard InChI is InChI=1S/C13H21ClN2/c1-3-4-5-9-12(16-15)11-8-6-7-10(2)13(11)14/h6-8,12,16H,3-5,9,15H2,1-2H3. The fourth-order valence-electron chi connectivity index (χ4n) is 1.87. The molecule has 1 unspecified atom stereocenters. The summed E-state index contributed by atoms with van der Waals surface area (Å²) in [6, 6.07) is 6.26. The van der Waals surface area contributed by atoms with E-state index in [0.717, 1.165) is 22.6 Å². The van der Waals surface area contributed by atoms with Crippen molar-refractivity contribution in [2.24, 2.45) is 5.84 Å². The highest BCUT2D eigenvalue weighted by molar-refractivity contribution is 6.32. The summed E-state index contributed by atoms with van der Waals surface area (Å²) < 4.78 is 0. The molecule has 3 N–H and O–H groups in total. The van der Waals surface area contributed by atoms with Gasteiger partial charge >= 0.3 is 0 Å². The first-order valence-electron chi connectivity index (χ1n) is 5.91. The van der Waals surface area contributed by atoms with Gasteiger partial charge in [0.05, 0.1) is 0 Å². The van der Waals surface area contributed by atoms with E-state index in [1.165, 1.54) is 19.3 Å². The molecule has 0 amide bonds. The maximum Gasteiger partial charge on any atom is 0.0483 e. The third kappa shape index (κ3) is 3.48. The number of nitrogens with two attached hydrogens (primary N) is 1. The van der Waals surface area contributed by atoms with Crippen LogP contribution in [0.2, 0.25) is 5.02 Å². The average Bonchev–Trinajstić information content (AvgIpc) is 2.29. The van der Waals surface area contributed by atoms with Crippen molar-refractivity contribution in [2.45, 2.75) is 45.6 Å². The molecular formula is C13H21ClN2. The number of unbranched alkanes of at least 4 members (excludes halogenated alkanes) is 2. The van der Waals surface area contributed by atoms with Gasteiger partial charge in [-0.3, -0.25) is 11.3 Å². The molecule has 90 valence electrons. The van der Waals surface area contributed by atoms with Crippen LogP contribution in [-0.2, 0) is 0 Å². The summed E-state index contributed by atoms with van der Waals surface area (Å²) in [5.41, 5.74) is 5.08. The zero-order valence-electron chi connectivity index (χ0n) is 10.1. The van der Waals surface area contributed by atoms with E-state index in [0.29, 0.717) is 0 Å². The molecule has 1 rings (SSSR count). The fraction of sp³-hybridized carbons (Fsp3) is 0.538. The molecule has 0 aliphatic heterocycles. The minimum absolute atomic E-state index is 0.166. The summed E-state index contributed by atoms with van der Waals surface area (Å²) in [6.45, 7) is 4.22. The van der Waals surface area contributed by atoms with E-state index in [4.69, 9.17) is 17.4 Å². The van der Waals surface area contributed by atoms with Gasteiger partial charge in [0.25, 0.3) is 0 Å². The summed E-state index contributed by atoms with van der Waals surface area (Å²) in [5.74, 6) is 5.60. The van der Waals surface area contributed by atoms with Crippen molar-refractivity contribution in [2.75, 3.05) is 0 Å². The lowest BCUT2D eigenvalue weighted by atomic mass is 9.99. The molecule has 0 aliphatic carbocycles. The number of hydrogen-bond donors (Lipinski definition) is 2. The molecule has 1 aromatic rings. The van der Waals surface area contributed by atoms with Crippen molar-refractivity contribution >= 4 is 11.6 Å². The van der Waals surface area contributed by atoms with E-state index < -0.39 is 0 Å². The Balaban J connectivity index is 2.74. The lowest BCUT2D eigenvalue weighted by Gasteiger charge is -2.18. The van der Waals surface area contributed by atoms with Crippen LogP contribution in [0.1, 0.15) is 49.8 Å². The molecule has 0 bridgehead atoms. The van der Waals surface area contributed by atoms with E-state index >= 15 is 0 Å². The van der Waals surface area contributed by atoms with Gasteiger partial charge in [0.2, 0.25) is 0 Å². The number of nitrogens with one attached hydrogen (secondary N) is 1. The monoisotopic (exact) mass is 240 g/mol. The normalized spacial score (nSPS) is 12.8. The summed E-state index contributed by atoms with van der Waals surface area (Å²) in [5, 5.41) is 0.835. The van der Waals surface area contributed by atoms with Crippen LogP contribution in [0.3, 0.4) is 0 Å². The van der Waals surface area contributed by atoms with Gasteiger partial charge in [0.15, 0.2) is 0 Å². The summed E-state index contributed by atoms with van der Waals surface area (Å²) in [6.07, 6.45) is 4.67. The van der Waals surface area contributed by atoms with Crippen molar-refractivity contribution in [1.29, 1.82) is 0 Å². The number of aryl methyl sites for hydroxylation is 1. The minimum Gasteiger partial charge on any atom is -0.271 e. The summed E-state index contributed by atoms with van der Waals surface area (Å²) in [4.78, 5) is 0. The second-order valence-corrected chi connectivity index (χ2v) is 4.57. The first-order valence-corrected chi connectivity index (χ1v) is 6.29. The maximum absolute atomic E-state index is 6.28. The topological polar surface area (TPSA) is 38.0 Å². The van der Waals surface area contributed by atoms with Crippen LogP contribution in [0.4, 0.5) is 0 Å². The van der Waals surface area contributed by atoms with Gasteiger partial charge < -0.3 is 0 Å². The van der Waals surface area contributed by atoms with Gasteiger partial charge in [0.1, 0.15) is 0 Å². The maximum atomic E-state index is 6.28. The first kappa shape index (κ1) is 13.5. The predicted molar refractivity (Wildman–Crippen MR) is 70.4 cm³/mol. The molecule has 0 saturated heterocycles. The fourth-order valence-corrected chi connectivity index (χ4v) is 2.12. The van der Waals surface area contributed by atoms with Crippen LogP contribution in [-0.4, -0.2) is 0 Å². The quantitative estimate of drug-likeness (QED) is 0.452. The Kier molecular flexibility index (Phi) is 5.81. The Hall–Kier alpha value is -0.570. The molecule has 2 nitrogen and oxygen atoms in total. The molecule has 0 saturated carbocycles. The molecule has 0 fully saturated rings. The van der Waals surface area contributed by atoms with Crippen LogP contribution >= 0.6 is 11.6 Å². The third-order valence-corrected chi connectivity index (χ3v) is 3.41. The minimum atomic E-state index is 0.166. The van der Waals surface area contributed by atoms with E-state index in [1.54, 1.807) is 0 Å². The predicted octanol–water partition coefficient (Wildman–Crippen LogP) is 3.73. The van der Waals surface area contributed by atoms with E-state index in [-0.39, 0.29) is 6.04 Å².